The Kier molecular flexibility index (Phi) is 7.19. The van der Waals surface area contributed by atoms with Gasteiger partial charge >= 0.3 is 11.9 Å². The van der Waals surface area contributed by atoms with Crippen LogP contribution < -0.4 is 5.32 Å². The Bertz CT molecular complexity index is 331. The van der Waals surface area contributed by atoms with Gasteiger partial charge in [0.15, 0.2) is 0 Å². The molecule has 17 heavy (non-hydrogen) atoms. The molecule has 2 N–H and O–H groups in total. The van der Waals surface area contributed by atoms with Crippen molar-refractivity contribution >= 4 is 17.8 Å². The molecule has 0 aromatic heterocycles. The smallest absolute Gasteiger partial charge is 0.326 e. The average molecular weight is 241 g/mol. The molecule has 0 heterocycles. The van der Waals surface area contributed by atoms with Crippen molar-refractivity contribution in [3.8, 4) is 12.3 Å². The lowest BCUT2D eigenvalue weighted by Crippen LogP contribution is -2.41. The van der Waals surface area contributed by atoms with Crippen molar-refractivity contribution in [1.82, 2.24) is 5.32 Å². The normalized spacial score (nSPS) is 11.1. The molecule has 0 rings (SSSR count). The summed E-state index contributed by atoms with van der Waals surface area (Å²) in [4.78, 5) is 32.9. The fourth-order valence-electron chi connectivity index (χ4n) is 1.07. The highest BCUT2D eigenvalue weighted by molar-refractivity contribution is 5.84. The summed E-state index contributed by atoms with van der Waals surface area (Å²) >= 11 is 0. The summed E-state index contributed by atoms with van der Waals surface area (Å²) in [5.74, 6) is 0.123. The Balaban J connectivity index is 4.16. The van der Waals surface area contributed by atoms with Crippen LogP contribution in [-0.2, 0) is 19.1 Å². The zero-order chi connectivity index (χ0) is 13.3. The maximum absolute atomic E-state index is 11.2. The number of methoxy groups -OCH3 is 1. The molecule has 94 valence electrons. The van der Waals surface area contributed by atoms with E-state index < -0.39 is 23.9 Å². The Morgan fingerprint density at radius 2 is 2.06 bits per heavy atom. The third-order valence-corrected chi connectivity index (χ3v) is 1.99. The number of nitrogens with one attached hydrogen (secondary N) is 1. The lowest BCUT2D eigenvalue weighted by Gasteiger charge is -2.13. The summed E-state index contributed by atoms with van der Waals surface area (Å²) in [5, 5.41) is 11.1. The number of carbonyl (C=O) groups is 3. The Morgan fingerprint density at radius 1 is 1.41 bits per heavy atom. The summed E-state index contributed by atoms with van der Waals surface area (Å²) in [6.07, 6.45) is 5.21. The Morgan fingerprint density at radius 3 is 2.53 bits per heavy atom. The Hall–Kier alpha value is -2.03. The van der Waals surface area contributed by atoms with Gasteiger partial charge in [0.1, 0.15) is 6.04 Å². The van der Waals surface area contributed by atoms with Gasteiger partial charge in [-0.3, -0.25) is 9.59 Å². The van der Waals surface area contributed by atoms with Gasteiger partial charge < -0.3 is 15.2 Å². The van der Waals surface area contributed by atoms with Crippen LogP contribution in [-0.4, -0.2) is 36.1 Å². The van der Waals surface area contributed by atoms with Crippen LogP contribution in [0.3, 0.4) is 0 Å². The van der Waals surface area contributed by atoms with E-state index in [4.69, 9.17) is 11.5 Å². The van der Waals surface area contributed by atoms with Crippen LogP contribution in [0.2, 0.25) is 0 Å². The molecule has 6 heteroatoms. The average Bonchev–Trinajstić information content (AvgIpc) is 2.30. The van der Waals surface area contributed by atoms with Gasteiger partial charge in [0.05, 0.1) is 7.11 Å². The molecular weight excluding hydrogens is 226 g/mol. The van der Waals surface area contributed by atoms with Gasteiger partial charge in [-0.25, -0.2) is 4.79 Å². The van der Waals surface area contributed by atoms with Gasteiger partial charge in [-0.15, -0.1) is 12.3 Å². The number of terminal acetylenes is 1. The molecule has 1 unspecified atom stereocenters. The van der Waals surface area contributed by atoms with Crippen LogP contribution in [0.1, 0.15) is 25.7 Å². The molecule has 0 aliphatic carbocycles. The lowest BCUT2D eigenvalue weighted by atomic mass is 10.1. The number of amides is 1. The summed E-state index contributed by atoms with van der Waals surface area (Å²) in [7, 11) is 1.21. The van der Waals surface area contributed by atoms with E-state index in [1.165, 1.54) is 7.11 Å². The molecule has 1 amide bonds. The first-order chi connectivity index (χ1) is 8.01. The van der Waals surface area contributed by atoms with Crippen LogP contribution in [0, 0.1) is 12.3 Å². The minimum Gasteiger partial charge on any atom is -0.480 e. The van der Waals surface area contributed by atoms with E-state index >= 15 is 0 Å². The SMILES string of the molecule is C#CCCC(=O)NC(CCC(=O)OC)C(=O)O. The molecule has 0 fully saturated rings. The minimum atomic E-state index is -1.19. The van der Waals surface area contributed by atoms with Crippen molar-refractivity contribution in [2.75, 3.05) is 7.11 Å². The predicted octanol–water partition coefficient (Wildman–Crippen LogP) is -0.0776. The van der Waals surface area contributed by atoms with Crippen LogP contribution in [0.15, 0.2) is 0 Å². The van der Waals surface area contributed by atoms with Gasteiger partial charge in [0, 0.05) is 19.3 Å². The standard InChI is InChI=1S/C11H15NO5/c1-3-4-5-9(13)12-8(11(15)16)6-7-10(14)17-2/h1,8H,4-7H2,2H3,(H,12,13)(H,15,16). The number of rotatable bonds is 7. The highest BCUT2D eigenvalue weighted by atomic mass is 16.5. The van der Waals surface area contributed by atoms with E-state index in [2.05, 4.69) is 16.0 Å². The number of carboxylic acid groups (broad SMARTS) is 1. The number of hydrogen-bond acceptors (Lipinski definition) is 4. The topological polar surface area (TPSA) is 92.7 Å². The fourth-order valence-corrected chi connectivity index (χ4v) is 1.07. The second kappa shape index (κ2) is 8.16. The first-order valence-corrected chi connectivity index (χ1v) is 5.03. The molecule has 0 saturated heterocycles. The molecule has 0 bridgehead atoms. The number of hydrogen-bond donors (Lipinski definition) is 2. The third kappa shape index (κ3) is 6.95. The highest BCUT2D eigenvalue weighted by Gasteiger charge is 2.20. The van der Waals surface area contributed by atoms with Crippen molar-refractivity contribution in [2.45, 2.75) is 31.7 Å². The molecule has 1 atom stereocenters. The predicted molar refractivity (Wildman–Crippen MR) is 58.9 cm³/mol. The largest absolute Gasteiger partial charge is 0.480 e. The first-order valence-electron chi connectivity index (χ1n) is 5.03. The van der Waals surface area contributed by atoms with E-state index in [0.717, 1.165) is 0 Å². The summed E-state index contributed by atoms with van der Waals surface area (Å²) in [5.41, 5.74) is 0. The van der Waals surface area contributed by atoms with Gasteiger partial charge in [-0.1, -0.05) is 0 Å². The zero-order valence-corrected chi connectivity index (χ0v) is 9.56. The second-order valence-electron chi connectivity index (χ2n) is 3.28. The number of aliphatic carboxylic acids is 1. The highest BCUT2D eigenvalue weighted by Crippen LogP contribution is 2.00. The van der Waals surface area contributed by atoms with Crippen molar-refractivity contribution < 1.29 is 24.2 Å². The van der Waals surface area contributed by atoms with Gasteiger partial charge in [-0.05, 0) is 6.42 Å². The molecule has 0 saturated carbocycles. The van der Waals surface area contributed by atoms with Crippen molar-refractivity contribution in [3.05, 3.63) is 0 Å². The minimum absolute atomic E-state index is 0.0101. The zero-order valence-electron chi connectivity index (χ0n) is 9.56. The molecule has 0 radical (unpaired) electrons. The third-order valence-electron chi connectivity index (χ3n) is 1.99. The molecule has 0 aromatic carbocycles. The van der Waals surface area contributed by atoms with Crippen LogP contribution >= 0.6 is 0 Å². The van der Waals surface area contributed by atoms with Gasteiger partial charge in [0.2, 0.25) is 5.91 Å². The van der Waals surface area contributed by atoms with Gasteiger partial charge in [0.25, 0.3) is 0 Å². The number of ether oxygens (including phenoxy) is 1. The summed E-state index contributed by atoms with van der Waals surface area (Å²) in [6, 6.07) is -1.10. The Labute approximate surface area is 99.3 Å². The van der Waals surface area contributed by atoms with Crippen LogP contribution in [0.25, 0.3) is 0 Å². The summed E-state index contributed by atoms with van der Waals surface area (Å²) < 4.78 is 4.38. The van der Waals surface area contributed by atoms with Gasteiger partial charge in [-0.2, -0.15) is 0 Å². The molecular formula is C11H15NO5. The quantitative estimate of drug-likeness (QED) is 0.480. The number of esters is 1. The first kappa shape index (κ1) is 15.0. The van der Waals surface area contributed by atoms with E-state index in [1.54, 1.807) is 0 Å². The molecule has 0 aliphatic rings. The molecule has 0 spiro atoms. The second-order valence-corrected chi connectivity index (χ2v) is 3.28. The maximum Gasteiger partial charge on any atom is 0.326 e. The lowest BCUT2D eigenvalue weighted by molar-refractivity contribution is -0.144. The van der Waals surface area contributed by atoms with E-state index in [-0.39, 0.29) is 25.7 Å². The van der Waals surface area contributed by atoms with E-state index in [0.29, 0.717) is 0 Å². The van der Waals surface area contributed by atoms with Crippen molar-refractivity contribution in [1.29, 1.82) is 0 Å². The maximum atomic E-state index is 11.2. The monoisotopic (exact) mass is 241 g/mol. The van der Waals surface area contributed by atoms with Crippen LogP contribution in [0.5, 0.6) is 0 Å². The van der Waals surface area contributed by atoms with E-state index in [9.17, 15) is 14.4 Å². The molecule has 0 aromatic rings. The van der Waals surface area contributed by atoms with Crippen molar-refractivity contribution in [2.24, 2.45) is 0 Å². The molecule has 6 nitrogen and oxygen atoms in total. The molecule has 0 aliphatic heterocycles. The number of carbonyl (C=O) groups excluding carboxylic acids is 2. The fraction of sp³-hybridized carbons (Fsp3) is 0.545. The van der Waals surface area contributed by atoms with E-state index in [1.807, 2.05) is 0 Å². The summed E-state index contributed by atoms with van der Waals surface area (Å²) in [6.45, 7) is 0. The van der Waals surface area contributed by atoms with Crippen LogP contribution in [0.4, 0.5) is 0 Å². The number of carboxylic acids is 1. The van der Waals surface area contributed by atoms with Crippen molar-refractivity contribution in [3.63, 3.8) is 0 Å².